The largest absolute Gasteiger partial charge is 0.269 e. The van der Waals surface area contributed by atoms with Crippen molar-refractivity contribution in [3.63, 3.8) is 0 Å². The molecule has 0 radical (unpaired) electrons. The fourth-order valence-electron chi connectivity index (χ4n) is 2.76. The third kappa shape index (κ3) is 1.72. The molecule has 0 unspecified atom stereocenters. The average Bonchev–Trinajstić information content (AvgIpc) is 2.60. The Morgan fingerprint density at radius 2 is 1.79 bits per heavy atom. The molecule has 19 heavy (non-hydrogen) atoms. The molecule has 0 aromatic heterocycles. The van der Waals surface area contributed by atoms with E-state index in [4.69, 9.17) is 0 Å². The number of para-hydroxylation sites is 1. The minimum Gasteiger partial charge on any atom is -0.268 e. The monoisotopic (exact) mass is 277 g/mol. The molecule has 0 saturated carbocycles. The highest BCUT2D eigenvalue weighted by Crippen LogP contribution is 2.40. The van der Waals surface area contributed by atoms with Gasteiger partial charge in [0.25, 0.3) is 15.9 Å². The van der Waals surface area contributed by atoms with E-state index in [0.717, 1.165) is 22.7 Å². The van der Waals surface area contributed by atoms with E-state index in [9.17, 15) is 13.2 Å². The molecule has 5 heteroatoms. The molecule has 0 bridgehead atoms. The Labute approximate surface area is 112 Å². The number of amides is 1. The molecule has 100 valence electrons. The molecule has 0 saturated heterocycles. The summed E-state index contributed by atoms with van der Waals surface area (Å²) in [6.45, 7) is 1.81. The van der Waals surface area contributed by atoms with Crippen molar-refractivity contribution < 1.29 is 13.2 Å². The van der Waals surface area contributed by atoms with Crippen LogP contribution >= 0.6 is 0 Å². The fraction of sp³-hybridized carbons (Fsp3) is 0.357. The van der Waals surface area contributed by atoms with Gasteiger partial charge in [-0.05, 0) is 44.2 Å². The summed E-state index contributed by atoms with van der Waals surface area (Å²) in [7, 11) is -3.65. The van der Waals surface area contributed by atoms with Crippen LogP contribution < -0.4 is 4.31 Å². The van der Waals surface area contributed by atoms with Crippen molar-refractivity contribution in [2.24, 2.45) is 0 Å². The highest BCUT2D eigenvalue weighted by Gasteiger charge is 2.45. The van der Waals surface area contributed by atoms with E-state index in [2.05, 4.69) is 0 Å². The van der Waals surface area contributed by atoms with Gasteiger partial charge in [0.2, 0.25) is 0 Å². The third-order valence-corrected chi connectivity index (χ3v) is 5.66. The van der Waals surface area contributed by atoms with Crippen LogP contribution in [0.4, 0.5) is 5.69 Å². The Morgan fingerprint density at radius 1 is 1.11 bits per heavy atom. The first-order chi connectivity index (χ1) is 9.03. The van der Waals surface area contributed by atoms with Gasteiger partial charge >= 0.3 is 0 Å². The lowest BCUT2D eigenvalue weighted by Crippen LogP contribution is -2.32. The lowest BCUT2D eigenvalue weighted by atomic mass is 9.98. The Bertz CT molecular complexity index is 688. The first-order valence-corrected chi connectivity index (χ1v) is 7.85. The van der Waals surface area contributed by atoms with Gasteiger partial charge in [0.15, 0.2) is 0 Å². The van der Waals surface area contributed by atoms with Crippen molar-refractivity contribution in [2.75, 3.05) is 4.31 Å². The van der Waals surface area contributed by atoms with Crippen LogP contribution in [0.5, 0.6) is 0 Å². The predicted octanol–water partition coefficient (Wildman–Crippen LogP) is 2.50. The van der Waals surface area contributed by atoms with Crippen LogP contribution in [0.25, 0.3) is 0 Å². The second-order valence-electron chi connectivity index (χ2n) is 4.97. The zero-order valence-electron chi connectivity index (χ0n) is 10.7. The number of nitrogens with zero attached hydrogens (tertiary/aromatic N) is 1. The van der Waals surface area contributed by atoms with Crippen molar-refractivity contribution in [3.05, 3.63) is 40.3 Å². The lowest BCUT2D eigenvalue weighted by molar-refractivity contribution is -0.114. The second-order valence-corrected chi connectivity index (χ2v) is 6.78. The smallest absolute Gasteiger partial charge is 0.268 e. The Morgan fingerprint density at radius 3 is 2.47 bits per heavy atom. The summed E-state index contributed by atoms with van der Waals surface area (Å²) in [5, 5.41) is 0. The molecule has 1 aliphatic carbocycles. The predicted molar refractivity (Wildman–Crippen MR) is 73.1 cm³/mol. The Hall–Kier alpha value is -1.62. The summed E-state index contributed by atoms with van der Waals surface area (Å²) in [4.78, 5) is 12.7. The summed E-state index contributed by atoms with van der Waals surface area (Å²) >= 11 is 0. The molecular formula is C14H15NO3S. The molecule has 0 N–H and O–H groups in total. The van der Waals surface area contributed by atoms with E-state index in [0.29, 0.717) is 29.0 Å². The molecule has 1 aliphatic heterocycles. The maximum Gasteiger partial charge on any atom is 0.269 e. The first-order valence-electron chi connectivity index (χ1n) is 6.41. The molecule has 1 aromatic rings. The number of sulfonamides is 1. The summed E-state index contributed by atoms with van der Waals surface area (Å²) in [5.41, 5.74) is 1.76. The van der Waals surface area contributed by atoms with E-state index in [-0.39, 0.29) is 5.91 Å². The van der Waals surface area contributed by atoms with E-state index in [1.54, 1.807) is 12.1 Å². The van der Waals surface area contributed by atoms with Crippen LogP contribution in [0, 0.1) is 6.92 Å². The normalized spacial score (nSPS) is 21.7. The molecule has 0 spiro atoms. The standard InChI is InChI=1S/C14H15NO3S/c1-10-6-2-4-8-12(10)15-14(16)11-7-3-5-9-13(11)19(15,17)18/h2,4,6,8H,3,5,7,9H2,1H3. The number of anilines is 1. The van der Waals surface area contributed by atoms with Crippen LogP contribution in [0.1, 0.15) is 31.2 Å². The van der Waals surface area contributed by atoms with Gasteiger partial charge < -0.3 is 0 Å². The van der Waals surface area contributed by atoms with Gasteiger partial charge in [-0.1, -0.05) is 18.2 Å². The van der Waals surface area contributed by atoms with Gasteiger partial charge in [0.05, 0.1) is 10.6 Å². The maximum atomic E-state index is 12.5. The van der Waals surface area contributed by atoms with Crippen LogP contribution in [-0.2, 0) is 14.8 Å². The number of aryl methyl sites for hydroxylation is 1. The summed E-state index contributed by atoms with van der Waals surface area (Å²) in [6.07, 6.45) is 2.80. The molecule has 0 atom stereocenters. The van der Waals surface area contributed by atoms with Crippen molar-refractivity contribution in [2.45, 2.75) is 32.6 Å². The molecule has 4 nitrogen and oxygen atoms in total. The van der Waals surface area contributed by atoms with Crippen LogP contribution in [0.3, 0.4) is 0 Å². The van der Waals surface area contributed by atoms with Gasteiger partial charge in [-0.2, -0.15) is 4.31 Å². The van der Waals surface area contributed by atoms with Crippen molar-refractivity contribution in [3.8, 4) is 0 Å². The number of hydrogen-bond donors (Lipinski definition) is 0. The molecule has 0 fully saturated rings. The molecular weight excluding hydrogens is 262 g/mol. The van der Waals surface area contributed by atoms with Crippen molar-refractivity contribution in [1.82, 2.24) is 0 Å². The zero-order chi connectivity index (χ0) is 13.6. The molecule has 2 aliphatic rings. The highest BCUT2D eigenvalue weighted by molar-refractivity contribution is 7.98. The molecule has 1 aromatic carbocycles. The number of allylic oxidation sites excluding steroid dienone is 1. The van der Waals surface area contributed by atoms with Gasteiger partial charge in [-0.25, -0.2) is 8.42 Å². The fourth-order valence-corrected chi connectivity index (χ4v) is 4.68. The summed E-state index contributed by atoms with van der Waals surface area (Å²) in [6, 6.07) is 7.08. The second kappa shape index (κ2) is 4.20. The first kappa shape index (κ1) is 12.4. The SMILES string of the molecule is Cc1ccccc1N1C(=O)C2=C(CCCC2)S1(=O)=O. The molecule has 1 heterocycles. The van der Waals surface area contributed by atoms with E-state index in [1.807, 2.05) is 19.1 Å². The average molecular weight is 277 g/mol. The maximum absolute atomic E-state index is 12.5. The van der Waals surface area contributed by atoms with Crippen LogP contribution in [0.15, 0.2) is 34.7 Å². The highest BCUT2D eigenvalue weighted by atomic mass is 32.2. The third-order valence-electron chi connectivity index (χ3n) is 3.75. The van der Waals surface area contributed by atoms with E-state index in [1.165, 1.54) is 0 Å². The zero-order valence-corrected chi connectivity index (χ0v) is 11.5. The van der Waals surface area contributed by atoms with Gasteiger partial charge in [0.1, 0.15) is 0 Å². The minimum atomic E-state index is -3.65. The van der Waals surface area contributed by atoms with Gasteiger partial charge in [-0.15, -0.1) is 0 Å². The summed E-state index contributed by atoms with van der Waals surface area (Å²) < 4.78 is 26.1. The van der Waals surface area contributed by atoms with Gasteiger partial charge in [0, 0.05) is 5.57 Å². The molecule has 1 amide bonds. The number of hydrogen-bond acceptors (Lipinski definition) is 3. The molecule has 3 rings (SSSR count). The van der Waals surface area contributed by atoms with E-state index < -0.39 is 10.0 Å². The number of benzene rings is 1. The number of rotatable bonds is 1. The van der Waals surface area contributed by atoms with Crippen LogP contribution in [0.2, 0.25) is 0 Å². The van der Waals surface area contributed by atoms with Gasteiger partial charge in [-0.3, -0.25) is 4.79 Å². The van der Waals surface area contributed by atoms with Crippen LogP contribution in [-0.4, -0.2) is 14.3 Å². The minimum absolute atomic E-state index is 0.340. The quantitative estimate of drug-likeness (QED) is 0.792. The summed E-state index contributed by atoms with van der Waals surface area (Å²) in [5.74, 6) is -0.357. The number of carbonyl (C=O) groups excluding carboxylic acids is 1. The van der Waals surface area contributed by atoms with E-state index >= 15 is 0 Å². The topological polar surface area (TPSA) is 54.5 Å². The van der Waals surface area contributed by atoms with Crippen molar-refractivity contribution in [1.29, 1.82) is 0 Å². The Balaban J connectivity index is 2.16. The lowest BCUT2D eigenvalue weighted by Gasteiger charge is -2.18. The Kier molecular flexibility index (Phi) is 2.74. The number of carbonyl (C=O) groups is 1. The van der Waals surface area contributed by atoms with Crippen molar-refractivity contribution >= 4 is 21.6 Å².